The van der Waals surface area contributed by atoms with Crippen LogP contribution in [-0.2, 0) is 6.18 Å². The second kappa shape index (κ2) is 3.52. The van der Waals surface area contributed by atoms with Gasteiger partial charge in [-0.25, -0.2) is 0 Å². The van der Waals surface area contributed by atoms with Gasteiger partial charge >= 0.3 is 6.18 Å². The van der Waals surface area contributed by atoms with Gasteiger partial charge in [-0.1, -0.05) is 23.7 Å². The lowest BCUT2D eigenvalue weighted by atomic mass is 10.1. The molecule has 0 saturated carbocycles. The van der Waals surface area contributed by atoms with E-state index in [4.69, 9.17) is 17.3 Å². The number of nitrogens with zero attached hydrogens (tertiary/aromatic N) is 1. The van der Waals surface area contributed by atoms with E-state index >= 15 is 0 Å². The molecule has 1 heterocycles. The Kier molecular flexibility index (Phi) is 2.42. The second-order valence-corrected chi connectivity index (χ2v) is 3.60. The fourth-order valence-corrected chi connectivity index (χ4v) is 1.64. The number of hydrogen-bond acceptors (Lipinski definition) is 2. The Morgan fingerprint density at radius 1 is 1.25 bits per heavy atom. The highest BCUT2D eigenvalue weighted by Gasteiger charge is 2.33. The Labute approximate surface area is 93.8 Å². The molecule has 0 radical (unpaired) electrons. The minimum atomic E-state index is -4.45. The van der Waals surface area contributed by atoms with Crippen molar-refractivity contribution in [3.05, 3.63) is 35.0 Å². The summed E-state index contributed by atoms with van der Waals surface area (Å²) in [5, 5.41) is 0.299. The molecule has 84 valence electrons. The molecule has 0 amide bonds. The molecule has 6 heteroatoms. The lowest BCUT2D eigenvalue weighted by Gasteiger charge is -2.10. The van der Waals surface area contributed by atoms with Gasteiger partial charge in [0.1, 0.15) is 0 Å². The smallest absolute Gasteiger partial charge is 0.396 e. The van der Waals surface area contributed by atoms with Crippen LogP contribution in [0.2, 0.25) is 5.02 Å². The molecule has 0 atom stereocenters. The van der Waals surface area contributed by atoms with Gasteiger partial charge in [-0.15, -0.1) is 0 Å². The molecule has 0 aliphatic rings. The Morgan fingerprint density at radius 3 is 2.56 bits per heavy atom. The van der Waals surface area contributed by atoms with Crippen LogP contribution in [0.3, 0.4) is 0 Å². The molecule has 2 N–H and O–H groups in total. The molecule has 0 fully saturated rings. The van der Waals surface area contributed by atoms with E-state index < -0.39 is 11.7 Å². The van der Waals surface area contributed by atoms with Gasteiger partial charge < -0.3 is 5.73 Å². The number of benzene rings is 1. The largest absolute Gasteiger partial charge is 0.418 e. The predicted octanol–water partition coefficient (Wildman–Crippen LogP) is 3.49. The summed E-state index contributed by atoms with van der Waals surface area (Å²) < 4.78 is 37.9. The summed E-state index contributed by atoms with van der Waals surface area (Å²) >= 11 is 5.82. The van der Waals surface area contributed by atoms with Crippen LogP contribution < -0.4 is 5.73 Å². The van der Waals surface area contributed by atoms with Gasteiger partial charge in [0.2, 0.25) is 0 Å². The molecule has 0 aliphatic heterocycles. The number of halogens is 4. The molecule has 2 rings (SSSR count). The van der Waals surface area contributed by atoms with E-state index in [1.54, 1.807) is 0 Å². The van der Waals surface area contributed by atoms with Crippen LogP contribution in [0.15, 0.2) is 24.4 Å². The van der Waals surface area contributed by atoms with Crippen molar-refractivity contribution in [1.29, 1.82) is 0 Å². The topological polar surface area (TPSA) is 38.9 Å². The molecule has 0 saturated heterocycles. The van der Waals surface area contributed by atoms with Crippen molar-refractivity contribution in [2.24, 2.45) is 0 Å². The summed E-state index contributed by atoms with van der Waals surface area (Å²) in [4.78, 5) is 3.68. The van der Waals surface area contributed by atoms with E-state index in [0.717, 1.165) is 12.3 Å². The summed E-state index contributed by atoms with van der Waals surface area (Å²) in [5.74, 6) is 0. The first-order chi connectivity index (χ1) is 7.41. The fourth-order valence-electron chi connectivity index (χ4n) is 1.43. The number of hydrogen-bond donors (Lipinski definition) is 1. The summed E-state index contributed by atoms with van der Waals surface area (Å²) in [6, 6.07) is 3.69. The zero-order valence-corrected chi connectivity index (χ0v) is 8.60. The number of fused-ring (bicyclic) bond motifs is 1. The SMILES string of the molecule is Nc1cnc2c(C(F)(F)F)cccc2c1Cl. The first-order valence-corrected chi connectivity index (χ1v) is 4.69. The van der Waals surface area contributed by atoms with E-state index in [-0.39, 0.29) is 21.6 Å². The number of nitrogen functional groups attached to an aromatic ring is 1. The number of pyridine rings is 1. The van der Waals surface area contributed by atoms with Crippen LogP contribution in [-0.4, -0.2) is 4.98 Å². The highest BCUT2D eigenvalue weighted by atomic mass is 35.5. The molecular weight excluding hydrogens is 241 g/mol. The van der Waals surface area contributed by atoms with Crippen LogP contribution in [0.25, 0.3) is 10.9 Å². The van der Waals surface area contributed by atoms with Gasteiger partial charge in [-0.3, -0.25) is 4.98 Å². The average Bonchev–Trinajstić information content (AvgIpc) is 2.21. The van der Waals surface area contributed by atoms with E-state index in [9.17, 15) is 13.2 Å². The highest BCUT2D eigenvalue weighted by molar-refractivity contribution is 6.37. The van der Waals surface area contributed by atoms with Crippen molar-refractivity contribution in [3.8, 4) is 0 Å². The van der Waals surface area contributed by atoms with E-state index in [1.807, 2.05) is 0 Å². The molecule has 16 heavy (non-hydrogen) atoms. The van der Waals surface area contributed by atoms with Gasteiger partial charge in [-0.05, 0) is 6.07 Å². The summed E-state index contributed by atoms with van der Waals surface area (Å²) in [5.41, 5.74) is 4.63. The number of aromatic nitrogens is 1. The Morgan fingerprint density at radius 2 is 1.94 bits per heavy atom. The Hall–Kier alpha value is -1.49. The molecule has 0 unspecified atom stereocenters. The van der Waals surface area contributed by atoms with Crippen molar-refractivity contribution in [1.82, 2.24) is 4.98 Å². The lowest BCUT2D eigenvalue weighted by molar-refractivity contribution is -0.136. The third-order valence-electron chi connectivity index (χ3n) is 2.16. The maximum atomic E-state index is 12.6. The monoisotopic (exact) mass is 246 g/mol. The third-order valence-corrected chi connectivity index (χ3v) is 2.59. The Balaban J connectivity index is 2.85. The fraction of sp³-hybridized carbons (Fsp3) is 0.100. The maximum absolute atomic E-state index is 12.6. The normalized spacial score (nSPS) is 12.0. The van der Waals surface area contributed by atoms with Gasteiger partial charge in [0.05, 0.1) is 28.0 Å². The number of rotatable bonds is 0. The molecule has 0 aliphatic carbocycles. The highest BCUT2D eigenvalue weighted by Crippen LogP contribution is 2.36. The van der Waals surface area contributed by atoms with Crippen LogP contribution >= 0.6 is 11.6 Å². The summed E-state index contributed by atoms with van der Waals surface area (Å²) in [7, 11) is 0. The minimum Gasteiger partial charge on any atom is -0.396 e. The van der Waals surface area contributed by atoms with Gasteiger partial charge in [0, 0.05) is 5.39 Å². The first kappa shape index (κ1) is 11.0. The summed E-state index contributed by atoms with van der Waals surface area (Å²) in [6.45, 7) is 0. The van der Waals surface area contributed by atoms with Crippen molar-refractivity contribution < 1.29 is 13.2 Å². The molecule has 2 aromatic rings. The number of nitrogens with two attached hydrogens (primary N) is 1. The summed E-state index contributed by atoms with van der Waals surface area (Å²) in [6.07, 6.45) is -3.33. The predicted molar refractivity (Wildman–Crippen MR) is 56.2 cm³/mol. The van der Waals surface area contributed by atoms with Crippen molar-refractivity contribution in [3.63, 3.8) is 0 Å². The van der Waals surface area contributed by atoms with Gasteiger partial charge in [-0.2, -0.15) is 13.2 Å². The quantitative estimate of drug-likeness (QED) is 0.773. The van der Waals surface area contributed by atoms with Gasteiger partial charge in [0.25, 0.3) is 0 Å². The standard InChI is InChI=1S/C10H6ClF3N2/c11-8-5-2-1-3-6(10(12,13)14)9(5)16-4-7(8)15/h1-4H,15H2. The van der Waals surface area contributed by atoms with Crippen LogP contribution in [0.4, 0.5) is 18.9 Å². The van der Waals surface area contributed by atoms with Crippen LogP contribution in [0.5, 0.6) is 0 Å². The average molecular weight is 247 g/mol. The van der Waals surface area contributed by atoms with Crippen molar-refractivity contribution in [2.45, 2.75) is 6.18 Å². The van der Waals surface area contributed by atoms with Crippen molar-refractivity contribution >= 4 is 28.2 Å². The minimum absolute atomic E-state index is 0.0936. The molecule has 1 aromatic heterocycles. The molecular formula is C10H6ClF3N2. The number of para-hydroxylation sites is 1. The van der Waals surface area contributed by atoms with Crippen LogP contribution in [0.1, 0.15) is 5.56 Å². The Bertz CT molecular complexity index is 551. The van der Waals surface area contributed by atoms with E-state index in [0.29, 0.717) is 0 Å². The lowest BCUT2D eigenvalue weighted by Crippen LogP contribution is -2.06. The third kappa shape index (κ3) is 1.67. The molecule has 0 spiro atoms. The van der Waals surface area contributed by atoms with E-state index in [2.05, 4.69) is 4.98 Å². The van der Waals surface area contributed by atoms with E-state index in [1.165, 1.54) is 12.1 Å². The van der Waals surface area contributed by atoms with Crippen LogP contribution in [0, 0.1) is 0 Å². The molecule has 0 bridgehead atoms. The zero-order chi connectivity index (χ0) is 11.9. The second-order valence-electron chi connectivity index (χ2n) is 3.23. The zero-order valence-electron chi connectivity index (χ0n) is 7.85. The van der Waals surface area contributed by atoms with Gasteiger partial charge in [0.15, 0.2) is 0 Å². The first-order valence-electron chi connectivity index (χ1n) is 4.31. The number of alkyl halides is 3. The number of anilines is 1. The molecule has 2 nitrogen and oxygen atoms in total. The molecule has 1 aromatic carbocycles. The van der Waals surface area contributed by atoms with Crippen molar-refractivity contribution in [2.75, 3.05) is 5.73 Å². The maximum Gasteiger partial charge on any atom is 0.418 e.